The standard InChI is InChI=1S/C54H35N3S/c1-7-20-45-38(14-1)39-15-2-8-21-46(39)55(45)36-30-35(31-37(33-36)56-47-22-9-3-16-40(47)41-17-4-10-23-48(41)56)34-28-29-43-42-18-5-11-24-49(42)57(51(43)32-34)50-25-13-27-53-54(50)44-19-6-12-26-52(44)58-53/h1-33,53-54H. The van der Waals surface area contributed by atoms with E-state index in [4.69, 9.17) is 0 Å². The van der Waals surface area contributed by atoms with Gasteiger partial charge in [-0.05, 0) is 83.4 Å². The Bertz CT molecular complexity index is 3330. The predicted octanol–water partition coefficient (Wildman–Crippen LogP) is 14.3. The smallest absolute Gasteiger partial charge is 0.0544 e. The Hall–Kier alpha value is -7.01. The highest BCUT2D eigenvalue weighted by molar-refractivity contribution is 8.00. The molecule has 4 heteroatoms. The number of aromatic nitrogens is 3. The van der Waals surface area contributed by atoms with Crippen LogP contribution >= 0.6 is 11.8 Å². The molecule has 0 spiro atoms. The Morgan fingerprint density at radius 2 is 0.845 bits per heavy atom. The van der Waals surface area contributed by atoms with E-state index >= 15 is 0 Å². The van der Waals surface area contributed by atoms with Crippen LogP contribution in [0.1, 0.15) is 11.5 Å². The van der Waals surface area contributed by atoms with Crippen LogP contribution in [0.15, 0.2) is 205 Å². The molecule has 13 rings (SSSR count). The van der Waals surface area contributed by atoms with Crippen molar-refractivity contribution < 1.29 is 0 Å². The van der Waals surface area contributed by atoms with Gasteiger partial charge >= 0.3 is 0 Å². The Kier molecular flexibility index (Phi) is 6.78. The number of fused-ring (bicyclic) bond motifs is 12. The van der Waals surface area contributed by atoms with E-state index < -0.39 is 0 Å². The molecule has 3 aromatic heterocycles. The molecule has 0 bridgehead atoms. The van der Waals surface area contributed by atoms with Crippen molar-refractivity contribution in [3.63, 3.8) is 0 Å². The van der Waals surface area contributed by atoms with Crippen molar-refractivity contribution in [3.8, 4) is 22.5 Å². The van der Waals surface area contributed by atoms with Gasteiger partial charge < -0.3 is 13.7 Å². The van der Waals surface area contributed by atoms with E-state index in [1.807, 2.05) is 11.8 Å². The Labute approximate surface area is 339 Å². The van der Waals surface area contributed by atoms with Gasteiger partial charge in [0, 0.05) is 65.5 Å². The monoisotopic (exact) mass is 757 g/mol. The number of para-hydroxylation sites is 5. The van der Waals surface area contributed by atoms with Crippen molar-refractivity contribution in [1.82, 2.24) is 13.7 Å². The number of rotatable bonds is 4. The summed E-state index contributed by atoms with van der Waals surface area (Å²) in [6, 6.07) is 67.4. The molecular weight excluding hydrogens is 723 g/mol. The van der Waals surface area contributed by atoms with Crippen molar-refractivity contribution in [2.45, 2.75) is 16.1 Å². The first-order valence-electron chi connectivity index (χ1n) is 20.1. The van der Waals surface area contributed by atoms with Gasteiger partial charge in [0.1, 0.15) is 0 Å². The number of hydrogen-bond donors (Lipinski definition) is 0. The van der Waals surface area contributed by atoms with Crippen LogP contribution in [0.4, 0.5) is 0 Å². The third-order valence-corrected chi connectivity index (χ3v) is 13.9. The molecule has 0 radical (unpaired) electrons. The first-order valence-corrected chi connectivity index (χ1v) is 21.0. The van der Waals surface area contributed by atoms with Gasteiger partial charge in [-0.25, -0.2) is 0 Å². The molecule has 0 N–H and O–H groups in total. The molecule has 1 aliphatic heterocycles. The third kappa shape index (κ3) is 4.52. The zero-order chi connectivity index (χ0) is 37.9. The summed E-state index contributed by atoms with van der Waals surface area (Å²) < 4.78 is 7.47. The summed E-state index contributed by atoms with van der Waals surface area (Å²) in [6.07, 6.45) is 7.01. The van der Waals surface area contributed by atoms with Gasteiger partial charge in [0.05, 0.1) is 33.1 Å². The lowest BCUT2D eigenvalue weighted by Gasteiger charge is -2.26. The number of nitrogens with zero attached hydrogens (tertiary/aromatic N) is 3. The maximum atomic E-state index is 2.56. The number of benzene rings is 8. The van der Waals surface area contributed by atoms with Crippen LogP contribution in [0.2, 0.25) is 0 Å². The zero-order valence-corrected chi connectivity index (χ0v) is 32.3. The van der Waals surface area contributed by atoms with Crippen LogP contribution in [-0.2, 0) is 0 Å². The fraction of sp³-hybridized carbons (Fsp3) is 0.0370. The van der Waals surface area contributed by atoms with E-state index in [9.17, 15) is 0 Å². The molecule has 8 aromatic carbocycles. The van der Waals surface area contributed by atoms with Gasteiger partial charge in [0.15, 0.2) is 0 Å². The van der Waals surface area contributed by atoms with Crippen LogP contribution in [0.5, 0.6) is 0 Å². The van der Waals surface area contributed by atoms with E-state index in [0.717, 1.165) is 11.4 Å². The highest BCUT2D eigenvalue weighted by Gasteiger charge is 2.37. The fourth-order valence-corrected chi connectivity index (χ4v) is 11.5. The molecule has 0 amide bonds. The molecule has 0 fully saturated rings. The second kappa shape index (κ2) is 12.2. The lowest BCUT2D eigenvalue weighted by Crippen LogP contribution is -2.16. The summed E-state index contributed by atoms with van der Waals surface area (Å²) in [4.78, 5) is 1.39. The number of thioether (sulfide) groups is 1. The summed E-state index contributed by atoms with van der Waals surface area (Å²) in [6.45, 7) is 0. The molecule has 0 saturated carbocycles. The molecule has 11 aromatic rings. The predicted molar refractivity (Wildman–Crippen MR) is 246 cm³/mol. The summed E-state index contributed by atoms with van der Waals surface area (Å²) in [5.41, 5.74) is 14.7. The van der Waals surface area contributed by atoms with E-state index in [-0.39, 0.29) is 5.92 Å². The molecule has 1 aliphatic carbocycles. The lowest BCUT2D eigenvalue weighted by molar-refractivity contribution is 0.853. The summed E-state index contributed by atoms with van der Waals surface area (Å²) in [5.74, 6) is 0.273. The highest BCUT2D eigenvalue weighted by Crippen LogP contribution is 2.53. The van der Waals surface area contributed by atoms with Gasteiger partial charge in [-0.2, -0.15) is 0 Å². The van der Waals surface area contributed by atoms with Gasteiger partial charge in [0.25, 0.3) is 0 Å². The van der Waals surface area contributed by atoms with Crippen LogP contribution in [0.3, 0.4) is 0 Å². The second-order valence-corrected chi connectivity index (χ2v) is 16.9. The number of allylic oxidation sites excluding steroid dienone is 3. The van der Waals surface area contributed by atoms with Crippen LogP contribution < -0.4 is 0 Å². The topological polar surface area (TPSA) is 14.8 Å². The van der Waals surface area contributed by atoms with Gasteiger partial charge in [-0.3, -0.25) is 0 Å². The number of hydrogen-bond acceptors (Lipinski definition) is 1. The maximum Gasteiger partial charge on any atom is 0.0544 e. The molecule has 58 heavy (non-hydrogen) atoms. The molecule has 2 aliphatic rings. The van der Waals surface area contributed by atoms with Crippen LogP contribution in [0.25, 0.3) is 93.6 Å². The minimum atomic E-state index is 0.273. The molecule has 2 atom stereocenters. The first-order chi connectivity index (χ1) is 28.8. The van der Waals surface area contributed by atoms with Crippen molar-refractivity contribution in [3.05, 3.63) is 206 Å². The Morgan fingerprint density at radius 3 is 1.40 bits per heavy atom. The first kappa shape index (κ1) is 32.1. The summed E-state index contributed by atoms with van der Waals surface area (Å²) >= 11 is 1.99. The second-order valence-electron chi connectivity index (χ2n) is 15.6. The van der Waals surface area contributed by atoms with Gasteiger partial charge in [-0.15, -0.1) is 11.8 Å². The Balaban J connectivity index is 1.10. The lowest BCUT2D eigenvalue weighted by atomic mass is 9.89. The Morgan fingerprint density at radius 1 is 0.379 bits per heavy atom. The average Bonchev–Trinajstić information content (AvgIpc) is 4.02. The minimum absolute atomic E-state index is 0.273. The van der Waals surface area contributed by atoms with Crippen molar-refractivity contribution in [1.29, 1.82) is 0 Å². The minimum Gasteiger partial charge on any atom is -0.312 e. The molecule has 4 heterocycles. The molecule has 272 valence electrons. The van der Waals surface area contributed by atoms with Crippen LogP contribution in [-0.4, -0.2) is 19.0 Å². The van der Waals surface area contributed by atoms with Gasteiger partial charge in [-0.1, -0.05) is 133 Å². The molecular formula is C54H35N3S. The van der Waals surface area contributed by atoms with E-state index in [2.05, 4.69) is 214 Å². The largest absolute Gasteiger partial charge is 0.312 e. The van der Waals surface area contributed by atoms with Crippen LogP contribution in [0, 0.1) is 0 Å². The van der Waals surface area contributed by atoms with Crippen molar-refractivity contribution in [2.75, 3.05) is 0 Å². The third-order valence-electron chi connectivity index (χ3n) is 12.6. The summed E-state index contributed by atoms with van der Waals surface area (Å²) in [5, 5.41) is 7.94. The maximum absolute atomic E-state index is 2.56. The van der Waals surface area contributed by atoms with E-state index in [1.54, 1.807) is 0 Å². The fourth-order valence-electron chi connectivity index (χ4n) is 10.1. The van der Waals surface area contributed by atoms with Gasteiger partial charge in [0.2, 0.25) is 0 Å². The highest BCUT2D eigenvalue weighted by atomic mass is 32.2. The summed E-state index contributed by atoms with van der Waals surface area (Å²) in [7, 11) is 0. The average molecular weight is 758 g/mol. The normalized spacial score (nSPS) is 16.2. The quantitative estimate of drug-likeness (QED) is 0.174. The van der Waals surface area contributed by atoms with Crippen molar-refractivity contribution >= 4 is 82.9 Å². The zero-order valence-electron chi connectivity index (χ0n) is 31.5. The van der Waals surface area contributed by atoms with Crippen molar-refractivity contribution in [2.24, 2.45) is 0 Å². The molecule has 0 saturated heterocycles. The molecule has 2 unspecified atom stereocenters. The molecule has 3 nitrogen and oxygen atoms in total. The SMILES string of the molecule is C1=CC2Sc3ccccc3C2C(n2c3ccccc3c3ccc(-c4cc(-n5c6ccccc6c6ccccc65)cc(-n5c6ccccc6c6ccccc65)c4)cc32)=C1. The van der Waals surface area contributed by atoms with E-state index in [0.29, 0.717) is 5.25 Å². The van der Waals surface area contributed by atoms with E-state index in [1.165, 1.54) is 92.7 Å².